The summed E-state index contributed by atoms with van der Waals surface area (Å²) in [5.74, 6) is -0.669. The van der Waals surface area contributed by atoms with E-state index in [2.05, 4.69) is 0 Å². The van der Waals surface area contributed by atoms with Crippen LogP contribution in [-0.2, 0) is 9.59 Å². The van der Waals surface area contributed by atoms with Crippen LogP contribution in [0.3, 0.4) is 0 Å². The Labute approximate surface area is 120 Å². The number of benzene rings is 1. The number of hydrogen-bond acceptors (Lipinski definition) is 2. The van der Waals surface area contributed by atoms with Crippen molar-refractivity contribution >= 4 is 17.9 Å². The molecule has 0 aromatic heterocycles. The Morgan fingerprint density at radius 2 is 2.10 bits per heavy atom. The standard InChI is InChI=1S/C16H22N2O2/c1-3-4-10-18(12-15(17)19)16(20)9-8-14-7-5-6-13(2)11-14/h5-9,11H,3-4,10,12H2,1-2H3,(H2,17,19)/b9-8+. The number of aryl methyl sites for hydroxylation is 1. The summed E-state index contributed by atoms with van der Waals surface area (Å²) >= 11 is 0. The second-order valence-electron chi connectivity index (χ2n) is 4.83. The summed E-state index contributed by atoms with van der Waals surface area (Å²) in [6.07, 6.45) is 5.07. The number of hydrogen-bond donors (Lipinski definition) is 1. The largest absolute Gasteiger partial charge is 0.368 e. The summed E-state index contributed by atoms with van der Waals surface area (Å²) in [6, 6.07) is 7.87. The van der Waals surface area contributed by atoms with Crippen molar-refractivity contribution in [3.8, 4) is 0 Å². The number of carbonyl (C=O) groups is 2. The van der Waals surface area contributed by atoms with Gasteiger partial charge >= 0.3 is 0 Å². The van der Waals surface area contributed by atoms with E-state index in [-0.39, 0.29) is 12.5 Å². The van der Waals surface area contributed by atoms with Crippen LogP contribution in [0.25, 0.3) is 6.08 Å². The normalized spacial score (nSPS) is 10.7. The van der Waals surface area contributed by atoms with Gasteiger partial charge in [0.05, 0.1) is 6.54 Å². The first-order chi connectivity index (χ1) is 9.52. The third-order valence-corrected chi connectivity index (χ3v) is 2.90. The molecule has 4 heteroatoms. The maximum Gasteiger partial charge on any atom is 0.247 e. The fraction of sp³-hybridized carbons (Fsp3) is 0.375. The van der Waals surface area contributed by atoms with Crippen LogP contribution in [0.1, 0.15) is 30.9 Å². The first-order valence-corrected chi connectivity index (χ1v) is 6.85. The number of amides is 2. The topological polar surface area (TPSA) is 63.4 Å². The highest BCUT2D eigenvalue weighted by Gasteiger charge is 2.12. The molecule has 0 bridgehead atoms. The van der Waals surface area contributed by atoms with E-state index in [9.17, 15) is 9.59 Å². The summed E-state index contributed by atoms with van der Waals surface area (Å²) in [5.41, 5.74) is 7.28. The molecule has 0 fully saturated rings. The molecule has 0 saturated carbocycles. The molecule has 0 unspecified atom stereocenters. The van der Waals surface area contributed by atoms with E-state index in [1.165, 1.54) is 11.0 Å². The van der Waals surface area contributed by atoms with Gasteiger partial charge in [0.2, 0.25) is 11.8 Å². The van der Waals surface area contributed by atoms with Crippen molar-refractivity contribution in [1.29, 1.82) is 0 Å². The highest BCUT2D eigenvalue weighted by atomic mass is 16.2. The molecule has 108 valence electrons. The van der Waals surface area contributed by atoms with Crippen LogP contribution in [0, 0.1) is 6.92 Å². The number of nitrogens with two attached hydrogens (primary N) is 1. The van der Waals surface area contributed by atoms with Crippen LogP contribution in [0.2, 0.25) is 0 Å². The molecule has 1 rings (SSSR count). The molecular weight excluding hydrogens is 252 g/mol. The monoisotopic (exact) mass is 274 g/mol. The average Bonchev–Trinajstić information content (AvgIpc) is 2.40. The zero-order valence-electron chi connectivity index (χ0n) is 12.1. The maximum absolute atomic E-state index is 12.1. The molecule has 0 atom stereocenters. The summed E-state index contributed by atoms with van der Waals surface area (Å²) in [4.78, 5) is 24.6. The van der Waals surface area contributed by atoms with Crippen LogP contribution in [0.5, 0.6) is 0 Å². The quantitative estimate of drug-likeness (QED) is 0.774. The van der Waals surface area contributed by atoms with E-state index in [4.69, 9.17) is 5.73 Å². The molecule has 0 aliphatic carbocycles. The van der Waals surface area contributed by atoms with Gasteiger partial charge in [0.25, 0.3) is 0 Å². The molecule has 2 N–H and O–H groups in total. The lowest BCUT2D eigenvalue weighted by Crippen LogP contribution is -2.38. The zero-order chi connectivity index (χ0) is 15.0. The lowest BCUT2D eigenvalue weighted by atomic mass is 10.1. The Morgan fingerprint density at radius 3 is 2.70 bits per heavy atom. The van der Waals surface area contributed by atoms with Crippen molar-refractivity contribution in [2.75, 3.05) is 13.1 Å². The minimum Gasteiger partial charge on any atom is -0.368 e. The first-order valence-electron chi connectivity index (χ1n) is 6.85. The minimum absolute atomic E-state index is 0.0308. The van der Waals surface area contributed by atoms with Gasteiger partial charge in [-0.05, 0) is 25.0 Å². The van der Waals surface area contributed by atoms with E-state index >= 15 is 0 Å². The smallest absolute Gasteiger partial charge is 0.247 e. The summed E-state index contributed by atoms with van der Waals surface area (Å²) in [7, 11) is 0. The molecule has 0 saturated heterocycles. The fourth-order valence-corrected chi connectivity index (χ4v) is 1.85. The molecule has 0 aliphatic rings. The van der Waals surface area contributed by atoms with E-state index in [1.54, 1.807) is 6.08 Å². The number of carbonyl (C=O) groups excluding carboxylic acids is 2. The van der Waals surface area contributed by atoms with Gasteiger partial charge in [-0.25, -0.2) is 0 Å². The molecule has 1 aromatic rings. The fourth-order valence-electron chi connectivity index (χ4n) is 1.85. The lowest BCUT2D eigenvalue weighted by Gasteiger charge is -2.19. The minimum atomic E-state index is -0.488. The molecule has 20 heavy (non-hydrogen) atoms. The Bertz CT molecular complexity index is 495. The molecule has 2 amide bonds. The molecule has 4 nitrogen and oxygen atoms in total. The van der Waals surface area contributed by atoms with Gasteiger partial charge in [0.15, 0.2) is 0 Å². The number of rotatable bonds is 7. The van der Waals surface area contributed by atoms with Crippen LogP contribution in [-0.4, -0.2) is 29.8 Å². The summed E-state index contributed by atoms with van der Waals surface area (Å²) in [6.45, 7) is 4.56. The van der Waals surface area contributed by atoms with E-state index < -0.39 is 5.91 Å². The number of unbranched alkanes of at least 4 members (excludes halogenated alkanes) is 1. The van der Waals surface area contributed by atoms with E-state index in [0.29, 0.717) is 6.54 Å². The van der Waals surface area contributed by atoms with Crippen molar-refractivity contribution in [2.45, 2.75) is 26.7 Å². The van der Waals surface area contributed by atoms with Gasteiger partial charge in [-0.15, -0.1) is 0 Å². The molecule has 0 heterocycles. The second kappa shape index (κ2) is 8.15. The first kappa shape index (κ1) is 16.0. The predicted octanol–water partition coefficient (Wildman–Crippen LogP) is 2.12. The Morgan fingerprint density at radius 1 is 1.35 bits per heavy atom. The van der Waals surface area contributed by atoms with Gasteiger partial charge < -0.3 is 10.6 Å². The lowest BCUT2D eigenvalue weighted by molar-refractivity contribution is -0.131. The van der Waals surface area contributed by atoms with Crippen LogP contribution in [0.15, 0.2) is 30.3 Å². The highest BCUT2D eigenvalue weighted by Crippen LogP contribution is 2.06. The Hall–Kier alpha value is -2.10. The van der Waals surface area contributed by atoms with Gasteiger partial charge in [0.1, 0.15) is 0 Å². The van der Waals surface area contributed by atoms with E-state index in [0.717, 1.165) is 24.0 Å². The third kappa shape index (κ3) is 5.69. The highest BCUT2D eigenvalue weighted by molar-refractivity contribution is 5.94. The van der Waals surface area contributed by atoms with Crippen LogP contribution in [0.4, 0.5) is 0 Å². The Balaban J connectivity index is 2.71. The van der Waals surface area contributed by atoms with Gasteiger partial charge in [0, 0.05) is 12.6 Å². The third-order valence-electron chi connectivity index (χ3n) is 2.90. The zero-order valence-corrected chi connectivity index (χ0v) is 12.1. The second-order valence-corrected chi connectivity index (χ2v) is 4.83. The number of primary amides is 1. The van der Waals surface area contributed by atoms with Crippen molar-refractivity contribution in [3.05, 3.63) is 41.5 Å². The molecule has 0 radical (unpaired) electrons. The van der Waals surface area contributed by atoms with E-state index in [1.807, 2.05) is 38.1 Å². The van der Waals surface area contributed by atoms with Gasteiger partial charge in [-0.1, -0.05) is 43.2 Å². The average molecular weight is 274 g/mol. The van der Waals surface area contributed by atoms with Crippen molar-refractivity contribution in [2.24, 2.45) is 5.73 Å². The maximum atomic E-state index is 12.1. The summed E-state index contributed by atoms with van der Waals surface area (Å²) in [5, 5.41) is 0. The SMILES string of the molecule is CCCCN(CC(N)=O)C(=O)/C=C/c1cccc(C)c1. The Kier molecular flexibility index (Phi) is 6.50. The molecular formula is C16H22N2O2. The van der Waals surface area contributed by atoms with Crippen LogP contribution < -0.4 is 5.73 Å². The van der Waals surface area contributed by atoms with Gasteiger partial charge in [-0.3, -0.25) is 9.59 Å². The summed E-state index contributed by atoms with van der Waals surface area (Å²) < 4.78 is 0. The van der Waals surface area contributed by atoms with Crippen LogP contribution >= 0.6 is 0 Å². The van der Waals surface area contributed by atoms with Crippen molar-refractivity contribution in [3.63, 3.8) is 0 Å². The van der Waals surface area contributed by atoms with Gasteiger partial charge in [-0.2, -0.15) is 0 Å². The molecule has 1 aromatic carbocycles. The van der Waals surface area contributed by atoms with Crippen molar-refractivity contribution < 1.29 is 9.59 Å². The molecule has 0 aliphatic heterocycles. The van der Waals surface area contributed by atoms with Crippen molar-refractivity contribution in [1.82, 2.24) is 4.90 Å². The number of nitrogens with zero attached hydrogens (tertiary/aromatic N) is 1. The molecule has 0 spiro atoms. The predicted molar refractivity (Wildman–Crippen MR) is 80.9 cm³/mol.